The minimum Gasteiger partial charge on any atom is -0.432 e. The number of aliphatic hydroxyl groups excluding tert-OH is 4. The molecule has 1 fully saturated rings. The van der Waals surface area contributed by atoms with E-state index in [9.17, 15) is 25.2 Å². The molecule has 2 aliphatic rings. The van der Waals surface area contributed by atoms with Crippen molar-refractivity contribution in [3.8, 4) is 0 Å². The Hall–Kier alpha value is -1.25. The third-order valence-electron chi connectivity index (χ3n) is 5.32. The van der Waals surface area contributed by atoms with Crippen molar-refractivity contribution < 1.29 is 34.7 Å². The van der Waals surface area contributed by atoms with Crippen molar-refractivity contribution in [3.05, 3.63) is 23.8 Å². The van der Waals surface area contributed by atoms with E-state index in [0.717, 1.165) is 30.4 Å². The molecular formula is C18H28O7. The first-order valence-electron chi connectivity index (χ1n) is 8.56. The number of hydrogen-bond acceptors (Lipinski definition) is 7. The summed E-state index contributed by atoms with van der Waals surface area (Å²) in [4.78, 5) is 12.4. The topological polar surface area (TPSA) is 116 Å². The number of rotatable bonds is 5. The first-order valence-corrected chi connectivity index (χ1v) is 8.56. The van der Waals surface area contributed by atoms with Gasteiger partial charge in [-0.1, -0.05) is 24.1 Å². The number of esters is 1. The standard InChI is InChI=1S/C18H28O7/c1-4-18(3)7-5-6-10(2)11(18)8-13(20)25-17-16(23)15(22)14(21)12(9-19)24-17/h4,12,14-17,19,21-23H,1,5-9H2,2-3H3/t12-,14+,15+,16-,17+,18-/m1/s1. The molecule has 6 atom stereocenters. The third-order valence-corrected chi connectivity index (χ3v) is 5.32. The summed E-state index contributed by atoms with van der Waals surface area (Å²) in [5.74, 6) is -0.603. The first-order chi connectivity index (χ1) is 11.7. The molecule has 0 unspecified atom stereocenters. The molecule has 7 nitrogen and oxygen atoms in total. The number of carbonyl (C=O) groups excluding carboxylic acids is 1. The van der Waals surface area contributed by atoms with Crippen molar-refractivity contribution in [3.63, 3.8) is 0 Å². The summed E-state index contributed by atoms with van der Waals surface area (Å²) in [7, 11) is 0. The van der Waals surface area contributed by atoms with Crippen molar-refractivity contribution >= 4 is 5.97 Å². The monoisotopic (exact) mass is 356 g/mol. The van der Waals surface area contributed by atoms with Crippen LogP contribution in [0.15, 0.2) is 23.8 Å². The molecule has 1 saturated heterocycles. The van der Waals surface area contributed by atoms with Crippen LogP contribution in [-0.4, -0.2) is 63.7 Å². The van der Waals surface area contributed by atoms with E-state index < -0.39 is 43.3 Å². The van der Waals surface area contributed by atoms with Gasteiger partial charge in [-0.05, 0) is 26.2 Å². The van der Waals surface area contributed by atoms with E-state index in [4.69, 9.17) is 9.47 Å². The molecule has 1 aliphatic heterocycles. The van der Waals surface area contributed by atoms with Crippen LogP contribution in [0.25, 0.3) is 0 Å². The molecule has 0 aromatic heterocycles. The summed E-state index contributed by atoms with van der Waals surface area (Å²) in [6, 6.07) is 0. The number of carbonyl (C=O) groups is 1. The van der Waals surface area contributed by atoms with Gasteiger partial charge in [-0.3, -0.25) is 4.79 Å². The lowest BCUT2D eigenvalue weighted by molar-refractivity contribution is -0.292. The molecule has 0 bridgehead atoms. The quantitative estimate of drug-likeness (QED) is 0.416. The fraction of sp³-hybridized carbons (Fsp3) is 0.722. The number of aliphatic hydroxyl groups is 4. The van der Waals surface area contributed by atoms with E-state index in [2.05, 4.69) is 6.58 Å². The summed E-state index contributed by atoms with van der Waals surface area (Å²) in [5.41, 5.74) is 1.79. The van der Waals surface area contributed by atoms with Gasteiger partial charge in [-0.25, -0.2) is 0 Å². The van der Waals surface area contributed by atoms with E-state index >= 15 is 0 Å². The van der Waals surface area contributed by atoms with Crippen LogP contribution in [0.1, 0.15) is 39.5 Å². The summed E-state index contributed by atoms with van der Waals surface area (Å²) >= 11 is 0. The van der Waals surface area contributed by atoms with Gasteiger partial charge >= 0.3 is 5.97 Å². The number of ether oxygens (including phenoxy) is 2. The molecule has 0 saturated carbocycles. The predicted molar refractivity (Wildman–Crippen MR) is 89.3 cm³/mol. The van der Waals surface area contributed by atoms with Gasteiger partial charge in [0.2, 0.25) is 6.29 Å². The maximum absolute atomic E-state index is 12.4. The molecule has 0 aromatic carbocycles. The molecule has 0 amide bonds. The average Bonchev–Trinajstić information content (AvgIpc) is 2.59. The Morgan fingerprint density at radius 1 is 1.36 bits per heavy atom. The van der Waals surface area contributed by atoms with Crippen molar-refractivity contribution in [2.75, 3.05) is 6.61 Å². The number of hydrogen-bond donors (Lipinski definition) is 4. The third kappa shape index (κ3) is 4.12. The van der Waals surface area contributed by atoms with Crippen LogP contribution in [0.3, 0.4) is 0 Å². The van der Waals surface area contributed by atoms with E-state index in [0.29, 0.717) is 0 Å². The summed E-state index contributed by atoms with van der Waals surface area (Å²) < 4.78 is 10.4. The van der Waals surface area contributed by atoms with Crippen molar-refractivity contribution in [2.24, 2.45) is 5.41 Å². The molecule has 25 heavy (non-hydrogen) atoms. The maximum atomic E-state index is 12.4. The molecule has 7 heteroatoms. The SMILES string of the molecule is C=C[C@]1(C)CCCC(C)=C1CC(=O)O[C@@H]1O[C@H](CO)[C@H](O)[C@H](O)[C@H]1O. The first kappa shape index (κ1) is 20.1. The van der Waals surface area contributed by atoms with Crippen molar-refractivity contribution in [1.82, 2.24) is 0 Å². The second kappa shape index (κ2) is 7.97. The lowest BCUT2D eigenvalue weighted by Crippen LogP contribution is -2.59. The number of allylic oxidation sites excluding steroid dienone is 2. The van der Waals surface area contributed by atoms with E-state index in [1.54, 1.807) is 0 Å². The zero-order chi connectivity index (χ0) is 18.8. The van der Waals surface area contributed by atoms with Crippen molar-refractivity contribution in [1.29, 1.82) is 0 Å². The Kier molecular flexibility index (Phi) is 6.40. The average molecular weight is 356 g/mol. The molecule has 2 rings (SSSR count). The van der Waals surface area contributed by atoms with Crippen LogP contribution < -0.4 is 0 Å². The molecule has 4 N–H and O–H groups in total. The van der Waals surface area contributed by atoms with Crippen LogP contribution in [-0.2, 0) is 14.3 Å². The van der Waals surface area contributed by atoms with E-state index in [1.807, 2.05) is 19.9 Å². The highest BCUT2D eigenvalue weighted by Gasteiger charge is 2.45. The zero-order valence-electron chi connectivity index (χ0n) is 14.7. The second-order valence-electron chi connectivity index (χ2n) is 7.10. The Balaban J connectivity index is 2.07. The molecule has 142 valence electrons. The lowest BCUT2D eigenvalue weighted by Gasteiger charge is -2.39. The van der Waals surface area contributed by atoms with Crippen LogP contribution >= 0.6 is 0 Å². The molecule has 1 heterocycles. The van der Waals surface area contributed by atoms with Gasteiger partial charge in [0.25, 0.3) is 0 Å². The highest BCUT2D eigenvalue weighted by molar-refractivity contribution is 5.73. The van der Waals surface area contributed by atoms with Crippen molar-refractivity contribution in [2.45, 2.75) is 70.2 Å². The minimum atomic E-state index is -1.59. The summed E-state index contributed by atoms with van der Waals surface area (Å²) in [6.45, 7) is 7.31. The van der Waals surface area contributed by atoms with Gasteiger partial charge in [-0.15, -0.1) is 6.58 Å². The van der Waals surface area contributed by atoms with Crippen LogP contribution in [0.4, 0.5) is 0 Å². The Morgan fingerprint density at radius 3 is 2.64 bits per heavy atom. The van der Waals surface area contributed by atoms with Gasteiger partial charge in [-0.2, -0.15) is 0 Å². The molecule has 0 radical (unpaired) electrons. The van der Waals surface area contributed by atoms with E-state index in [1.165, 1.54) is 0 Å². The smallest absolute Gasteiger partial charge is 0.312 e. The van der Waals surface area contributed by atoms with Gasteiger partial charge in [0.1, 0.15) is 24.4 Å². The predicted octanol–water partition coefficient (Wildman–Crippen LogP) is 0.412. The Morgan fingerprint density at radius 2 is 2.04 bits per heavy atom. The molecule has 1 aliphatic carbocycles. The van der Waals surface area contributed by atoms with Gasteiger partial charge in [0, 0.05) is 5.41 Å². The van der Waals surface area contributed by atoms with Crippen LogP contribution in [0.2, 0.25) is 0 Å². The molecule has 0 spiro atoms. The van der Waals surface area contributed by atoms with E-state index in [-0.39, 0.29) is 11.8 Å². The largest absolute Gasteiger partial charge is 0.432 e. The Bertz CT molecular complexity index is 542. The fourth-order valence-electron chi connectivity index (χ4n) is 3.57. The van der Waals surface area contributed by atoms with Gasteiger partial charge in [0.05, 0.1) is 13.0 Å². The Labute approximate surface area is 147 Å². The normalized spacial score (nSPS) is 39.2. The molecule has 0 aromatic rings. The fourth-order valence-corrected chi connectivity index (χ4v) is 3.57. The maximum Gasteiger partial charge on any atom is 0.312 e. The minimum absolute atomic E-state index is 0.0311. The summed E-state index contributed by atoms with van der Waals surface area (Å²) in [6.07, 6.45) is -2.49. The van der Waals surface area contributed by atoms with Crippen LogP contribution in [0, 0.1) is 5.41 Å². The van der Waals surface area contributed by atoms with Crippen LogP contribution in [0.5, 0.6) is 0 Å². The van der Waals surface area contributed by atoms with Gasteiger partial charge < -0.3 is 29.9 Å². The zero-order valence-corrected chi connectivity index (χ0v) is 14.7. The highest BCUT2D eigenvalue weighted by Crippen LogP contribution is 2.43. The highest BCUT2D eigenvalue weighted by atomic mass is 16.7. The lowest BCUT2D eigenvalue weighted by atomic mass is 9.70. The van der Waals surface area contributed by atoms with Gasteiger partial charge in [0.15, 0.2) is 0 Å². The summed E-state index contributed by atoms with van der Waals surface area (Å²) in [5, 5.41) is 38.6. The second-order valence-corrected chi connectivity index (χ2v) is 7.10. The molecular weight excluding hydrogens is 328 g/mol.